The number of piperazine rings is 1. The van der Waals surface area contributed by atoms with Gasteiger partial charge in [0.25, 0.3) is 0 Å². The molecule has 1 aliphatic carbocycles. The average molecular weight is 481 g/mol. The second-order valence-corrected chi connectivity index (χ2v) is 10.4. The number of nitrogens with zero attached hydrogens (tertiary/aromatic N) is 5. The van der Waals surface area contributed by atoms with Crippen molar-refractivity contribution >= 4 is 11.7 Å². The standard InChI is InChI=1S/C24H35F3N6O/c1-23(2,3)22-30-19(24(25,26)27)16-20(31-22)33-14-12-32(13-15-33)11-9-17-4-6-18(7-5-17)29-21(34)8-10-28/h16-18H,4-9,11-15H2,1-3H3,(H,29,34). The van der Waals surface area contributed by atoms with E-state index < -0.39 is 17.3 Å². The van der Waals surface area contributed by atoms with Crippen molar-refractivity contribution < 1.29 is 18.0 Å². The minimum Gasteiger partial charge on any atom is -0.354 e. The van der Waals surface area contributed by atoms with E-state index >= 15 is 0 Å². The number of carbonyl (C=O) groups is 1. The summed E-state index contributed by atoms with van der Waals surface area (Å²) in [5.41, 5.74) is -1.46. The second-order valence-electron chi connectivity index (χ2n) is 10.4. The Balaban J connectivity index is 1.48. The number of anilines is 1. The number of carbonyl (C=O) groups excluding carboxylic acids is 1. The van der Waals surface area contributed by atoms with Gasteiger partial charge in [-0.25, -0.2) is 9.97 Å². The summed E-state index contributed by atoms with van der Waals surface area (Å²) < 4.78 is 40.2. The minimum absolute atomic E-state index is 0.0873. The van der Waals surface area contributed by atoms with Crippen LogP contribution in [0, 0.1) is 17.2 Å². The number of halogens is 3. The van der Waals surface area contributed by atoms with Crippen LogP contribution in [0.4, 0.5) is 19.0 Å². The molecule has 2 fully saturated rings. The minimum atomic E-state index is -4.50. The molecule has 10 heteroatoms. The molecular weight excluding hydrogens is 445 g/mol. The molecule has 188 valence electrons. The van der Waals surface area contributed by atoms with E-state index in [0.29, 0.717) is 24.8 Å². The average Bonchev–Trinajstić information content (AvgIpc) is 2.78. The van der Waals surface area contributed by atoms with Gasteiger partial charge in [0.1, 0.15) is 23.8 Å². The SMILES string of the molecule is CC(C)(C)c1nc(N2CCN(CCC3CCC(NC(=O)CC#N)CC3)CC2)cc(C(F)(F)F)n1. The van der Waals surface area contributed by atoms with Gasteiger partial charge in [0.15, 0.2) is 0 Å². The van der Waals surface area contributed by atoms with Gasteiger partial charge in [-0.15, -0.1) is 0 Å². The predicted octanol–water partition coefficient (Wildman–Crippen LogP) is 3.89. The summed E-state index contributed by atoms with van der Waals surface area (Å²) in [5.74, 6) is 0.986. The van der Waals surface area contributed by atoms with Crippen molar-refractivity contribution in [3.8, 4) is 6.07 Å². The van der Waals surface area contributed by atoms with E-state index in [1.54, 1.807) is 0 Å². The smallest absolute Gasteiger partial charge is 0.354 e. The molecule has 0 atom stereocenters. The number of nitriles is 1. The number of hydrogen-bond acceptors (Lipinski definition) is 6. The Bertz CT molecular complexity index is 844. The Hall–Kier alpha value is -2.41. The van der Waals surface area contributed by atoms with Crippen LogP contribution in [-0.2, 0) is 16.4 Å². The zero-order valence-corrected chi connectivity index (χ0v) is 20.3. The molecule has 3 rings (SSSR count). The van der Waals surface area contributed by atoms with Gasteiger partial charge in [-0.2, -0.15) is 18.4 Å². The molecule has 1 aromatic rings. The zero-order chi connectivity index (χ0) is 24.9. The highest BCUT2D eigenvalue weighted by molar-refractivity contribution is 5.78. The predicted molar refractivity (Wildman–Crippen MR) is 123 cm³/mol. The monoisotopic (exact) mass is 480 g/mol. The highest BCUT2D eigenvalue weighted by atomic mass is 19.4. The number of alkyl halides is 3. The first kappa shape index (κ1) is 26.2. The molecule has 1 aromatic heterocycles. The number of nitrogens with one attached hydrogen (secondary N) is 1. The van der Waals surface area contributed by atoms with Crippen molar-refractivity contribution in [1.29, 1.82) is 5.26 Å². The molecule has 7 nitrogen and oxygen atoms in total. The fourth-order valence-corrected chi connectivity index (χ4v) is 4.59. The molecule has 2 aliphatic rings. The zero-order valence-electron chi connectivity index (χ0n) is 20.3. The fraction of sp³-hybridized carbons (Fsp3) is 0.750. The van der Waals surface area contributed by atoms with Crippen molar-refractivity contribution in [1.82, 2.24) is 20.2 Å². The normalized spacial score (nSPS) is 22.3. The van der Waals surface area contributed by atoms with Crippen molar-refractivity contribution in [3.05, 3.63) is 17.6 Å². The number of amides is 1. The Morgan fingerprint density at radius 1 is 1.12 bits per heavy atom. The summed E-state index contributed by atoms with van der Waals surface area (Å²) in [5, 5.41) is 11.5. The molecule has 1 saturated carbocycles. The summed E-state index contributed by atoms with van der Waals surface area (Å²) in [6, 6.07) is 3.12. The van der Waals surface area contributed by atoms with Gasteiger partial charge in [0.2, 0.25) is 5.91 Å². The van der Waals surface area contributed by atoms with Crippen molar-refractivity contribution in [2.45, 2.75) is 76.9 Å². The van der Waals surface area contributed by atoms with E-state index in [4.69, 9.17) is 5.26 Å². The number of rotatable bonds is 6. The van der Waals surface area contributed by atoms with Crippen LogP contribution in [0.25, 0.3) is 0 Å². The Kier molecular flexibility index (Phi) is 8.39. The molecule has 1 aliphatic heterocycles. The van der Waals surface area contributed by atoms with Crippen molar-refractivity contribution in [2.24, 2.45) is 5.92 Å². The molecule has 1 amide bonds. The largest absolute Gasteiger partial charge is 0.433 e. The van der Waals surface area contributed by atoms with Crippen LogP contribution in [0.1, 0.15) is 70.8 Å². The third-order valence-electron chi connectivity index (χ3n) is 6.68. The van der Waals surface area contributed by atoms with Crippen LogP contribution in [0.3, 0.4) is 0 Å². The van der Waals surface area contributed by atoms with Gasteiger partial charge < -0.3 is 10.2 Å². The third-order valence-corrected chi connectivity index (χ3v) is 6.68. The summed E-state index contributed by atoms with van der Waals surface area (Å²) in [7, 11) is 0. The lowest BCUT2D eigenvalue weighted by molar-refractivity contribution is -0.141. The van der Waals surface area contributed by atoms with E-state index in [0.717, 1.165) is 57.8 Å². The topological polar surface area (TPSA) is 85.2 Å². The lowest BCUT2D eigenvalue weighted by Crippen LogP contribution is -2.47. The highest BCUT2D eigenvalue weighted by Gasteiger charge is 2.36. The quantitative estimate of drug-likeness (QED) is 0.665. The van der Waals surface area contributed by atoms with E-state index in [1.807, 2.05) is 31.7 Å². The lowest BCUT2D eigenvalue weighted by atomic mass is 9.84. The fourth-order valence-electron chi connectivity index (χ4n) is 4.59. The summed E-state index contributed by atoms with van der Waals surface area (Å²) in [6.07, 6.45) is 0.510. The lowest BCUT2D eigenvalue weighted by Gasteiger charge is -2.37. The molecule has 1 saturated heterocycles. The first-order valence-corrected chi connectivity index (χ1v) is 12.1. The Morgan fingerprint density at radius 2 is 1.76 bits per heavy atom. The van der Waals surface area contributed by atoms with E-state index in [1.165, 1.54) is 0 Å². The van der Waals surface area contributed by atoms with Gasteiger partial charge in [0.05, 0.1) is 6.07 Å². The Morgan fingerprint density at radius 3 is 2.32 bits per heavy atom. The van der Waals surface area contributed by atoms with Gasteiger partial charge in [-0.05, 0) is 44.6 Å². The molecule has 0 aromatic carbocycles. The summed E-state index contributed by atoms with van der Waals surface area (Å²) >= 11 is 0. The maximum Gasteiger partial charge on any atom is 0.433 e. The molecule has 34 heavy (non-hydrogen) atoms. The number of hydrogen-bond donors (Lipinski definition) is 1. The van der Waals surface area contributed by atoms with E-state index in [-0.39, 0.29) is 24.2 Å². The van der Waals surface area contributed by atoms with E-state index in [9.17, 15) is 18.0 Å². The second kappa shape index (κ2) is 10.9. The molecule has 1 N–H and O–H groups in total. The first-order chi connectivity index (χ1) is 16.0. The molecular formula is C24H35F3N6O. The molecule has 2 heterocycles. The maximum atomic E-state index is 13.4. The van der Waals surface area contributed by atoms with Crippen LogP contribution >= 0.6 is 0 Å². The van der Waals surface area contributed by atoms with Crippen LogP contribution in [0.2, 0.25) is 0 Å². The first-order valence-electron chi connectivity index (χ1n) is 12.1. The van der Waals surface area contributed by atoms with Gasteiger partial charge >= 0.3 is 6.18 Å². The van der Waals surface area contributed by atoms with Crippen LogP contribution in [-0.4, -0.2) is 59.5 Å². The van der Waals surface area contributed by atoms with Gasteiger partial charge in [-0.3, -0.25) is 9.69 Å². The third kappa shape index (κ3) is 7.29. The van der Waals surface area contributed by atoms with Gasteiger partial charge in [0, 0.05) is 43.7 Å². The summed E-state index contributed by atoms with van der Waals surface area (Å²) in [6.45, 7) is 9.26. The summed E-state index contributed by atoms with van der Waals surface area (Å²) in [4.78, 5) is 24.1. The highest BCUT2D eigenvalue weighted by Crippen LogP contribution is 2.32. The van der Waals surface area contributed by atoms with Crippen molar-refractivity contribution in [2.75, 3.05) is 37.6 Å². The molecule has 0 unspecified atom stereocenters. The van der Waals surface area contributed by atoms with Gasteiger partial charge in [-0.1, -0.05) is 20.8 Å². The van der Waals surface area contributed by atoms with Crippen molar-refractivity contribution in [3.63, 3.8) is 0 Å². The molecule has 0 bridgehead atoms. The van der Waals surface area contributed by atoms with Crippen LogP contribution in [0.5, 0.6) is 0 Å². The number of aromatic nitrogens is 2. The molecule has 0 radical (unpaired) electrons. The molecule has 0 spiro atoms. The Labute approximate surface area is 199 Å². The van der Waals surface area contributed by atoms with Crippen LogP contribution in [0.15, 0.2) is 6.07 Å². The van der Waals surface area contributed by atoms with E-state index in [2.05, 4.69) is 20.2 Å². The maximum absolute atomic E-state index is 13.4. The van der Waals surface area contributed by atoms with Crippen LogP contribution < -0.4 is 10.2 Å².